The SMILES string of the molecule is Cl.O=C(NCC1CCOCC1)C1CC2CCCCC2N1. The van der Waals surface area contributed by atoms with E-state index in [0.717, 1.165) is 44.9 Å². The van der Waals surface area contributed by atoms with E-state index in [1.165, 1.54) is 25.7 Å². The minimum Gasteiger partial charge on any atom is -0.381 e. The lowest BCUT2D eigenvalue weighted by atomic mass is 9.85. The van der Waals surface area contributed by atoms with Gasteiger partial charge in [0, 0.05) is 25.8 Å². The minimum absolute atomic E-state index is 0. The van der Waals surface area contributed by atoms with Crippen LogP contribution >= 0.6 is 12.4 Å². The topological polar surface area (TPSA) is 50.4 Å². The van der Waals surface area contributed by atoms with Gasteiger partial charge in [-0.15, -0.1) is 12.4 Å². The Bertz CT molecular complexity index is 307. The molecule has 2 saturated heterocycles. The van der Waals surface area contributed by atoms with Gasteiger partial charge in [-0.25, -0.2) is 0 Å². The third kappa shape index (κ3) is 3.86. The van der Waals surface area contributed by atoms with E-state index in [4.69, 9.17) is 4.74 Å². The zero-order valence-corrected chi connectivity index (χ0v) is 12.9. The predicted octanol–water partition coefficient (Wildman–Crippen LogP) is 1.87. The van der Waals surface area contributed by atoms with E-state index in [9.17, 15) is 4.79 Å². The Balaban J connectivity index is 0.00000147. The molecule has 5 heteroatoms. The third-order valence-electron chi connectivity index (χ3n) is 5.09. The van der Waals surface area contributed by atoms with E-state index in [1.54, 1.807) is 0 Å². The van der Waals surface area contributed by atoms with E-state index in [2.05, 4.69) is 10.6 Å². The molecule has 0 spiro atoms. The summed E-state index contributed by atoms with van der Waals surface area (Å²) in [7, 11) is 0. The van der Waals surface area contributed by atoms with E-state index in [-0.39, 0.29) is 24.4 Å². The van der Waals surface area contributed by atoms with Gasteiger partial charge in [-0.3, -0.25) is 4.79 Å². The molecular formula is C15H27ClN2O2. The minimum atomic E-state index is 0. The van der Waals surface area contributed by atoms with Crippen LogP contribution in [0.4, 0.5) is 0 Å². The highest BCUT2D eigenvalue weighted by Gasteiger charge is 2.38. The van der Waals surface area contributed by atoms with Crippen LogP contribution in [-0.2, 0) is 9.53 Å². The van der Waals surface area contributed by atoms with Gasteiger partial charge in [0.05, 0.1) is 6.04 Å². The molecule has 1 aliphatic carbocycles. The Labute approximate surface area is 127 Å². The predicted molar refractivity (Wildman–Crippen MR) is 81.1 cm³/mol. The highest BCUT2D eigenvalue weighted by atomic mass is 35.5. The molecule has 0 bridgehead atoms. The van der Waals surface area contributed by atoms with Crippen molar-refractivity contribution in [2.75, 3.05) is 19.8 Å². The second-order valence-corrected chi connectivity index (χ2v) is 6.41. The number of ether oxygens (including phenoxy) is 1. The van der Waals surface area contributed by atoms with Crippen molar-refractivity contribution in [3.05, 3.63) is 0 Å². The summed E-state index contributed by atoms with van der Waals surface area (Å²) in [6.45, 7) is 2.54. The molecule has 2 N–H and O–H groups in total. The van der Waals surface area contributed by atoms with Gasteiger partial charge in [0.1, 0.15) is 0 Å². The van der Waals surface area contributed by atoms with Crippen molar-refractivity contribution in [1.29, 1.82) is 0 Å². The fourth-order valence-corrected chi connectivity index (χ4v) is 3.84. The zero-order chi connectivity index (χ0) is 13.1. The molecule has 2 heterocycles. The fourth-order valence-electron chi connectivity index (χ4n) is 3.84. The maximum absolute atomic E-state index is 12.2. The number of amides is 1. The first-order valence-corrected chi connectivity index (χ1v) is 7.94. The summed E-state index contributed by atoms with van der Waals surface area (Å²) in [6, 6.07) is 0.667. The first-order valence-electron chi connectivity index (χ1n) is 7.94. The van der Waals surface area contributed by atoms with Crippen LogP contribution in [0.1, 0.15) is 44.9 Å². The van der Waals surface area contributed by atoms with Crippen LogP contribution in [0.2, 0.25) is 0 Å². The molecule has 0 aromatic rings. The monoisotopic (exact) mass is 302 g/mol. The molecule has 3 atom stereocenters. The molecule has 1 amide bonds. The van der Waals surface area contributed by atoms with Crippen LogP contribution in [0.3, 0.4) is 0 Å². The van der Waals surface area contributed by atoms with Gasteiger partial charge in [-0.1, -0.05) is 12.8 Å². The van der Waals surface area contributed by atoms with Gasteiger partial charge >= 0.3 is 0 Å². The van der Waals surface area contributed by atoms with Gasteiger partial charge < -0.3 is 15.4 Å². The standard InChI is InChI=1S/C15H26N2O2.ClH/c18-15(16-10-11-5-7-19-8-6-11)14-9-12-3-1-2-4-13(12)17-14;/h11-14,17H,1-10H2,(H,16,18);1H. The molecule has 3 aliphatic rings. The lowest BCUT2D eigenvalue weighted by molar-refractivity contribution is -0.123. The second-order valence-electron chi connectivity index (χ2n) is 6.41. The molecule has 0 aromatic heterocycles. The Morgan fingerprint density at radius 1 is 1.15 bits per heavy atom. The summed E-state index contributed by atoms with van der Waals surface area (Å²) < 4.78 is 5.35. The summed E-state index contributed by atoms with van der Waals surface area (Å²) in [5, 5.41) is 6.69. The van der Waals surface area contributed by atoms with Gasteiger partial charge in [0.2, 0.25) is 5.91 Å². The highest BCUT2D eigenvalue weighted by Crippen LogP contribution is 2.33. The lowest BCUT2D eigenvalue weighted by Crippen LogP contribution is -2.44. The van der Waals surface area contributed by atoms with Crippen molar-refractivity contribution in [1.82, 2.24) is 10.6 Å². The van der Waals surface area contributed by atoms with Crippen molar-refractivity contribution in [3.8, 4) is 0 Å². The van der Waals surface area contributed by atoms with Gasteiger partial charge in [0.15, 0.2) is 0 Å². The Kier molecular flexibility index (Phi) is 6.12. The average Bonchev–Trinajstić information content (AvgIpc) is 2.90. The molecule has 116 valence electrons. The lowest BCUT2D eigenvalue weighted by Gasteiger charge is -2.24. The normalized spacial score (nSPS) is 34.1. The number of halogens is 1. The smallest absolute Gasteiger partial charge is 0.237 e. The van der Waals surface area contributed by atoms with Crippen LogP contribution in [-0.4, -0.2) is 37.7 Å². The number of nitrogens with one attached hydrogen (secondary N) is 2. The van der Waals surface area contributed by atoms with Crippen molar-refractivity contribution >= 4 is 18.3 Å². The molecule has 3 rings (SSSR count). The summed E-state index contributed by atoms with van der Waals surface area (Å²) >= 11 is 0. The summed E-state index contributed by atoms with van der Waals surface area (Å²) in [5.74, 6) is 1.58. The molecular weight excluding hydrogens is 276 g/mol. The number of hydrogen-bond donors (Lipinski definition) is 2. The molecule has 3 fully saturated rings. The zero-order valence-electron chi connectivity index (χ0n) is 12.1. The van der Waals surface area contributed by atoms with E-state index in [1.807, 2.05) is 0 Å². The molecule has 2 aliphatic heterocycles. The molecule has 4 nitrogen and oxygen atoms in total. The number of carbonyl (C=O) groups is 1. The van der Waals surface area contributed by atoms with Gasteiger partial charge in [-0.05, 0) is 43.9 Å². The Hall–Kier alpha value is -0.320. The van der Waals surface area contributed by atoms with Crippen LogP contribution < -0.4 is 10.6 Å². The Morgan fingerprint density at radius 2 is 1.90 bits per heavy atom. The van der Waals surface area contributed by atoms with Crippen molar-refractivity contribution in [3.63, 3.8) is 0 Å². The van der Waals surface area contributed by atoms with Gasteiger partial charge in [-0.2, -0.15) is 0 Å². The van der Waals surface area contributed by atoms with E-state index in [0.29, 0.717) is 12.0 Å². The first-order chi connectivity index (χ1) is 9.33. The number of hydrogen-bond acceptors (Lipinski definition) is 3. The number of fused-ring (bicyclic) bond motifs is 1. The molecule has 0 aromatic carbocycles. The quantitative estimate of drug-likeness (QED) is 0.837. The van der Waals surface area contributed by atoms with Crippen molar-refractivity contribution < 1.29 is 9.53 Å². The summed E-state index contributed by atoms with van der Waals surface area (Å²) in [4.78, 5) is 12.2. The van der Waals surface area contributed by atoms with Crippen LogP contribution in [0.25, 0.3) is 0 Å². The van der Waals surface area contributed by atoms with Crippen molar-refractivity contribution in [2.24, 2.45) is 11.8 Å². The second kappa shape index (κ2) is 7.62. The van der Waals surface area contributed by atoms with Crippen LogP contribution in [0, 0.1) is 11.8 Å². The van der Waals surface area contributed by atoms with E-state index >= 15 is 0 Å². The average molecular weight is 303 g/mol. The maximum Gasteiger partial charge on any atom is 0.237 e. The number of rotatable bonds is 3. The number of carbonyl (C=O) groups excluding carboxylic acids is 1. The maximum atomic E-state index is 12.2. The highest BCUT2D eigenvalue weighted by molar-refractivity contribution is 5.85. The first kappa shape index (κ1) is 16.1. The molecule has 3 unspecified atom stereocenters. The molecule has 1 saturated carbocycles. The van der Waals surface area contributed by atoms with Gasteiger partial charge in [0.25, 0.3) is 0 Å². The Morgan fingerprint density at radius 3 is 2.65 bits per heavy atom. The van der Waals surface area contributed by atoms with Crippen molar-refractivity contribution in [2.45, 2.75) is 57.0 Å². The van der Waals surface area contributed by atoms with Crippen LogP contribution in [0.15, 0.2) is 0 Å². The summed E-state index contributed by atoms with van der Waals surface area (Å²) in [5.41, 5.74) is 0. The largest absolute Gasteiger partial charge is 0.381 e. The fraction of sp³-hybridized carbons (Fsp3) is 0.933. The third-order valence-corrected chi connectivity index (χ3v) is 5.09. The van der Waals surface area contributed by atoms with E-state index < -0.39 is 0 Å². The van der Waals surface area contributed by atoms with Crippen LogP contribution in [0.5, 0.6) is 0 Å². The molecule has 20 heavy (non-hydrogen) atoms. The summed E-state index contributed by atoms with van der Waals surface area (Å²) in [6.07, 6.45) is 8.46. The molecule has 0 radical (unpaired) electrons.